The number of benzene rings is 4. The van der Waals surface area contributed by atoms with Crippen LogP contribution >= 0.6 is 0 Å². The Kier molecular flexibility index (Phi) is 2.61. The third kappa shape index (κ3) is 1.53. The first-order valence-corrected chi connectivity index (χ1v) is 8.06. The standard InChI is InChI=1S/C22H22/c1-11-7-17-13(3)15(5)19-9-12(2)10-20-16(6)14(4)18(8-11)21(17)22(19)20/h7-10H,1-6H3. The first kappa shape index (κ1) is 13.6. The summed E-state index contributed by atoms with van der Waals surface area (Å²) in [5.74, 6) is 0. The van der Waals surface area contributed by atoms with E-state index in [9.17, 15) is 0 Å². The van der Waals surface area contributed by atoms with Crippen molar-refractivity contribution in [1.82, 2.24) is 0 Å². The molecule has 22 heavy (non-hydrogen) atoms. The van der Waals surface area contributed by atoms with Gasteiger partial charge in [-0.05, 0) is 107 Å². The normalized spacial score (nSPS) is 12.1. The van der Waals surface area contributed by atoms with Crippen molar-refractivity contribution >= 4 is 32.3 Å². The molecule has 0 aliphatic rings. The van der Waals surface area contributed by atoms with Crippen molar-refractivity contribution in [1.29, 1.82) is 0 Å². The van der Waals surface area contributed by atoms with Crippen molar-refractivity contribution < 1.29 is 0 Å². The van der Waals surface area contributed by atoms with Gasteiger partial charge in [0.15, 0.2) is 0 Å². The minimum Gasteiger partial charge on any atom is -0.0511 e. The molecule has 4 aromatic carbocycles. The fraction of sp³-hybridized carbons (Fsp3) is 0.273. The lowest BCUT2D eigenvalue weighted by atomic mass is 9.83. The van der Waals surface area contributed by atoms with Gasteiger partial charge >= 0.3 is 0 Å². The molecule has 0 aromatic heterocycles. The van der Waals surface area contributed by atoms with Crippen LogP contribution in [-0.4, -0.2) is 0 Å². The molecule has 0 fully saturated rings. The lowest BCUT2D eigenvalue weighted by Crippen LogP contribution is -1.97. The third-order valence-corrected chi connectivity index (χ3v) is 5.56. The molecule has 0 heterocycles. The molecule has 0 radical (unpaired) electrons. The van der Waals surface area contributed by atoms with Crippen molar-refractivity contribution in [2.24, 2.45) is 0 Å². The van der Waals surface area contributed by atoms with Gasteiger partial charge in [0.25, 0.3) is 0 Å². The van der Waals surface area contributed by atoms with Gasteiger partial charge in [-0.3, -0.25) is 0 Å². The first-order valence-electron chi connectivity index (χ1n) is 8.06. The van der Waals surface area contributed by atoms with Crippen LogP contribution < -0.4 is 0 Å². The largest absolute Gasteiger partial charge is 0.0511 e. The van der Waals surface area contributed by atoms with E-state index in [0.29, 0.717) is 0 Å². The Labute approximate surface area is 132 Å². The van der Waals surface area contributed by atoms with Crippen LogP contribution in [0.15, 0.2) is 24.3 Å². The molecule has 0 unspecified atom stereocenters. The Hall–Kier alpha value is -2.08. The van der Waals surface area contributed by atoms with E-state index in [0.717, 1.165) is 0 Å². The molecule has 0 spiro atoms. The van der Waals surface area contributed by atoms with E-state index in [4.69, 9.17) is 0 Å². The lowest BCUT2D eigenvalue weighted by molar-refractivity contribution is 1.37. The Morgan fingerprint density at radius 2 is 0.636 bits per heavy atom. The number of hydrogen-bond acceptors (Lipinski definition) is 0. The predicted molar refractivity (Wildman–Crippen MR) is 98.6 cm³/mol. The van der Waals surface area contributed by atoms with Gasteiger partial charge in [0.05, 0.1) is 0 Å². The summed E-state index contributed by atoms with van der Waals surface area (Å²) >= 11 is 0. The minimum absolute atomic E-state index is 1.35. The molecule has 0 amide bonds. The fourth-order valence-electron chi connectivity index (χ4n) is 4.10. The molecule has 0 aliphatic heterocycles. The number of aryl methyl sites for hydroxylation is 6. The Morgan fingerprint density at radius 3 is 0.864 bits per heavy atom. The van der Waals surface area contributed by atoms with E-state index in [1.54, 1.807) is 0 Å². The van der Waals surface area contributed by atoms with Gasteiger partial charge in [0.2, 0.25) is 0 Å². The second-order valence-electron chi connectivity index (χ2n) is 6.97. The summed E-state index contributed by atoms with van der Waals surface area (Å²) in [6.45, 7) is 13.5. The average Bonchev–Trinajstić information content (AvgIpc) is 2.48. The maximum absolute atomic E-state index is 2.36. The van der Waals surface area contributed by atoms with Crippen molar-refractivity contribution in [2.75, 3.05) is 0 Å². The summed E-state index contributed by atoms with van der Waals surface area (Å²) in [5.41, 5.74) is 8.42. The monoisotopic (exact) mass is 286 g/mol. The summed E-state index contributed by atoms with van der Waals surface area (Å²) in [5, 5.41) is 8.63. The van der Waals surface area contributed by atoms with Gasteiger partial charge in [0.1, 0.15) is 0 Å². The fourth-order valence-corrected chi connectivity index (χ4v) is 4.10. The van der Waals surface area contributed by atoms with Crippen LogP contribution in [0.25, 0.3) is 32.3 Å². The smallest absolute Gasteiger partial charge is 0.00209 e. The van der Waals surface area contributed by atoms with E-state index >= 15 is 0 Å². The van der Waals surface area contributed by atoms with Crippen LogP contribution in [0, 0.1) is 41.5 Å². The van der Waals surface area contributed by atoms with Crippen LogP contribution in [0.5, 0.6) is 0 Å². The molecule has 4 rings (SSSR count). The van der Waals surface area contributed by atoms with Crippen molar-refractivity contribution in [3.05, 3.63) is 57.6 Å². The van der Waals surface area contributed by atoms with Gasteiger partial charge in [-0.25, -0.2) is 0 Å². The molecule has 4 aromatic rings. The van der Waals surface area contributed by atoms with Crippen LogP contribution in [0.1, 0.15) is 33.4 Å². The van der Waals surface area contributed by atoms with Crippen LogP contribution in [0.3, 0.4) is 0 Å². The highest BCUT2D eigenvalue weighted by Gasteiger charge is 2.17. The molecule has 0 saturated carbocycles. The van der Waals surface area contributed by atoms with Gasteiger partial charge in [-0.1, -0.05) is 24.3 Å². The van der Waals surface area contributed by atoms with Crippen LogP contribution in [0.2, 0.25) is 0 Å². The van der Waals surface area contributed by atoms with E-state index in [-0.39, 0.29) is 0 Å². The molecule has 0 saturated heterocycles. The lowest BCUT2D eigenvalue weighted by Gasteiger charge is -2.21. The zero-order chi connectivity index (χ0) is 15.8. The van der Waals surface area contributed by atoms with E-state index < -0.39 is 0 Å². The molecule has 0 atom stereocenters. The maximum atomic E-state index is 2.36. The van der Waals surface area contributed by atoms with Crippen molar-refractivity contribution in [3.8, 4) is 0 Å². The molecule has 0 nitrogen and oxygen atoms in total. The predicted octanol–water partition coefficient (Wildman–Crippen LogP) is 6.43. The Balaban J connectivity index is 2.52. The van der Waals surface area contributed by atoms with Gasteiger partial charge in [-0.15, -0.1) is 0 Å². The molecule has 0 N–H and O–H groups in total. The second kappa shape index (κ2) is 4.23. The molecule has 0 aliphatic carbocycles. The summed E-state index contributed by atoms with van der Waals surface area (Å²) in [7, 11) is 0. The molecular formula is C22H22. The Bertz CT molecular complexity index is 899. The third-order valence-electron chi connectivity index (χ3n) is 5.56. The summed E-state index contributed by atoms with van der Waals surface area (Å²) in [6, 6.07) is 9.44. The van der Waals surface area contributed by atoms with Gasteiger partial charge in [0, 0.05) is 0 Å². The second-order valence-corrected chi connectivity index (χ2v) is 6.97. The SMILES string of the molecule is Cc1cc2c(C)c(C)c3cc(C)cc4c(C)c(C)c(c1)c2c34. The Morgan fingerprint density at radius 1 is 0.409 bits per heavy atom. The number of hydrogen-bond donors (Lipinski definition) is 0. The van der Waals surface area contributed by atoms with E-state index in [1.165, 1.54) is 65.7 Å². The zero-order valence-electron chi connectivity index (χ0n) is 14.3. The molecule has 0 bridgehead atoms. The topological polar surface area (TPSA) is 0 Å². The molecular weight excluding hydrogens is 264 g/mol. The minimum atomic E-state index is 1.35. The highest BCUT2D eigenvalue weighted by Crippen LogP contribution is 2.42. The average molecular weight is 286 g/mol. The number of rotatable bonds is 0. The van der Waals surface area contributed by atoms with Crippen molar-refractivity contribution in [3.63, 3.8) is 0 Å². The highest BCUT2D eigenvalue weighted by atomic mass is 14.2. The summed E-state index contributed by atoms with van der Waals surface area (Å²) in [6.07, 6.45) is 0. The maximum Gasteiger partial charge on any atom is -0.00209 e. The van der Waals surface area contributed by atoms with Gasteiger partial charge in [-0.2, -0.15) is 0 Å². The van der Waals surface area contributed by atoms with Gasteiger partial charge < -0.3 is 0 Å². The zero-order valence-corrected chi connectivity index (χ0v) is 14.3. The van der Waals surface area contributed by atoms with Crippen LogP contribution in [0.4, 0.5) is 0 Å². The van der Waals surface area contributed by atoms with Crippen molar-refractivity contribution in [2.45, 2.75) is 41.5 Å². The highest BCUT2D eigenvalue weighted by molar-refractivity contribution is 6.26. The first-order chi connectivity index (χ1) is 10.4. The summed E-state index contributed by atoms with van der Waals surface area (Å²) < 4.78 is 0. The van der Waals surface area contributed by atoms with Crippen LogP contribution in [-0.2, 0) is 0 Å². The quantitative estimate of drug-likeness (QED) is 0.326. The van der Waals surface area contributed by atoms with E-state index in [1.807, 2.05) is 0 Å². The van der Waals surface area contributed by atoms with E-state index in [2.05, 4.69) is 65.8 Å². The molecule has 0 heteroatoms. The molecule has 110 valence electrons. The summed E-state index contributed by atoms with van der Waals surface area (Å²) in [4.78, 5) is 0.